The van der Waals surface area contributed by atoms with Crippen molar-refractivity contribution >= 4 is 0 Å². The highest BCUT2D eigenvalue weighted by Crippen LogP contribution is 2.67. The molecule has 2 saturated heterocycles. The summed E-state index contributed by atoms with van der Waals surface area (Å²) in [5, 5.41) is 20.6. The van der Waals surface area contributed by atoms with Crippen molar-refractivity contribution in [2.45, 2.75) is 194 Å². The highest BCUT2D eigenvalue weighted by atomic mass is 16.6. The summed E-state index contributed by atoms with van der Waals surface area (Å²) in [6.45, 7) is 23.0. The van der Waals surface area contributed by atoms with Crippen LogP contribution in [0.5, 0.6) is 0 Å². The Kier molecular flexibility index (Phi) is 11.0. The van der Waals surface area contributed by atoms with Gasteiger partial charge in [-0.05, 0) is 63.2 Å². The Bertz CT molecular complexity index is 935. The number of aliphatic hydroxyl groups is 2. The fraction of sp³-hybridized carbons (Fsp3) is 0.900. The summed E-state index contributed by atoms with van der Waals surface area (Å²) in [6, 6.07) is 0. The van der Waals surface area contributed by atoms with Crippen LogP contribution in [0.25, 0.3) is 0 Å². The maximum absolute atomic E-state index is 10.3. The lowest BCUT2D eigenvalue weighted by molar-refractivity contribution is 0.0509. The Morgan fingerprint density at radius 1 is 0.545 bits per heavy atom. The average Bonchev–Trinajstić information content (AvgIpc) is 3.73. The summed E-state index contributed by atoms with van der Waals surface area (Å²) in [7, 11) is 0. The summed E-state index contributed by atoms with van der Waals surface area (Å²) < 4.78 is 12.6. The molecule has 2 aliphatic carbocycles. The molecule has 0 radical (unpaired) electrons. The predicted octanol–water partition coefficient (Wildman–Crippen LogP) is 9.96. The van der Waals surface area contributed by atoms with E-state index in [0.29, 0.717) is 11.8 Å². The van der Waals surface area contributed by atoms with Gasteiger partial charge in [-0.25, -0.2) is 0 Å². The van der Waals surface area contributed by atoms with Crippen molar-refractivity contribution in [1.82, 2.24) is 0 Å². The quantitative estimate of drug-likeness (QED) is 0.0972. The highest BCUT2D eigenvalue weighted by molar-refractivity contribution is 5.33. The van der Waals surface area contributed by atoms with Crippen molar-refractivity contribution < 1.29 is 19.7 Å². The lowest BCUT2D eigenvalue weighted by atomic mass is 9.63. The van der Waals surface area contributed by atoms with E-state index in [2.05, 4.69) is 93.5 Å². The van der Waals surface area contributed by atoms with E-state index in [-0.39, 0.29) is 45.4 Å². The second-order valence-corrected chi connectivity index (χ2v) is 18.1. The smallest absolute Gasteiger partial charge is 0.121 e. The third-order valence-corrected chi connectivity index (χ3v) is 12.7. The zero-order chi connectivity index (χ0) is 32.6. The average molecular weight is 615 g/mol. The van der Waals surface area contributed by atoms with E-state index in [1.807, 2.05) is 0 Å². The van der Waals surface area contributed by atoms with Gasteiger partial charge < -0.3 is 19.7 Å². The summed E-state index contributed by atoms with van der Waals surface area (Å²) in [5.74, 6) is 2.77. The van der Waals surface area contributed by atoms with Crippen molar-refractivity contribution in [2.75, 3.05) is 0 Å². The summed E-state index contributed by atoms with van der Waals surface area (Å²) >= 11 is 0. The topological polar surface area (TPSA) is 65.5 Å². The van der Waals surface area contributed by atoms with Gasteiger partial charge in [-0.1, -0.05) is 131 Å². The van der Waals surface area contributed by atoms with Crippen molar-refractivity contribution in [3.8, 4) is 0 Å². The minimum absolute atomic E-state index is 0.0234. The van der Waals surface area contributed by atoms with Crippen LogP contribution in [0.15, 0.2) is 24.3 Å². The number of hydrogen-bond acceptors (Lipinski definition) is 4. The Morgan fingerprint density at radius 2 is 0.886 bits per heavy atom. The molecule has 10 atom stereocenters. The van der Waals surface area contributed by atoms with Crippen LogP contribution in [0.1, 0.15) is 159 Å². The molecule has 0 aromatic heterocycles. The molecular weight excluding hydrogens is 544 g/mol. The molecule has 0 aromatic carbocycles. The number of epoxide rings is 2. The van der Waals surface area contributed by atoms with E-state index in [9.17, 15) is 10.2 Å². The molecule has 4 aliphatic rings. The minimum atomic E-state index is -0.245. The van der Waals surface area contributed by atoms with Crippen LogP contribution in [-0.2, 0) is 9.47 Å². The number of allylic oxidation sites excluding steroid dienone is 2. The fourth-order valence-electron chi connectivity index (χ4n) is 9.79. The van der Waals surface area contributed by atoms with Crippen LogP contribution in [0.4, 0.5) is 0 Å². The number of fused-ring (bicyclic) bond motifs is 2. The molecule has 2 heterocycles. The molecule has 254 valence electrons. The van der Waals surface area contributed by atoms with Gasteiger partial charge in [0.1, 0.15) is 22.4 Å². The zero-order valence-corrected chi connectivity index (χ0v) is 30.4. The molecule has 0 bridgehead atoms. The Morgan fingerprint density at radius 3 is 1.23 bits per heavy atom. The molecule has 4 unspecified atom stereocenters. The Hall–Kier alpha value is -0.680. The van der Waals surface area contributed by atoms with Gasteiger partial charge in [0.15, 0.2) is 0 Å². The van der Waals surface area contributed by atoms with E-state index in [1.54, 1.807) is 0 Å². The summed E-state index contributed by atoms with van der Waals surface area (Å²) in [6.07, 6.45) is 25.4. The van der Waals surface area contributed by atoms with Crippen LogP contribution in [0.2, 0.25) is 0 Å². The number of rotatable bonds is 17. The number of aliphatic hydroxyl groups excluding tert-OH is 2. The summed E-state index contributed by atoms with van der Waals surface area (Å²) in [5.41, 5.74) is -0.828. The molecule has 2 N–H and O–H groups in total. The van der Waals surface area contributed by atoms with Gasteiger partial charge >= 0.3 is 0 Å². The first-order valence-electron chi connectivity index (χ1n) is 18.5. The highest BCUT2D eigenvalue weighted by Gasteiger charge is 2.75. The Labute approximate surface area is 271 Å². The van der Waals surface area contributed by atoms with Gasteiger partial charge in [0, 0.05) is 23.7 Å². The maximum Gasteiger partial charge on any atom is 0.121 e. The number of hydrogen-bond donors (Lipinski definition) is 2. The molecule has 4 rings (SSSR count). The first kappa shape index (κ1) is 36.2. The first-order chi connectivity index (χ1) is 20.4. The largest absolute Gasteiger partial charge is 0.393 e. The maximum atomic E-state index is 10.3. The van der Waals surface area contributed by atoms with Crippen LogP contribution in [-0.4, -0.2) is 44.8 Å². The predicted molar refractivity (Wildman–Crippen MR) is 184 cm³/mol. The Balaban J connectivity index is 1.04. The molecule has 2 aliphatic heterocycles. The zero-order valence-electron chi connectivity index (χ0n) is 30.4. The minimum Gasteiger partial charge on any atom is -0.393 e. The molecule has 0 amide bonds. The van der Waals surface area contributed by atoms with Gasteiger partial charge in [0.25, 0.3) is 0 Å². The molecule has 4 heteroatoms. The van der Waals surface area contributed by atoms with Crippen molar-refractivity contribution in [2.24, 2.45) is 34.5 Å². The van der Waals surface area contributed by atoms with Gasteiger partial charge in [-0.2, -0.15) is 0 Å². The second kappa shape index (κ2) is 13.4. The van der Waals surface area contributed by atoms with Crippen LogP contribution in [0, 0.1) is 34.5 Å². The second-order valence-electron chi connectivity index (χ2n) is 18.1. The van der Waals surface area contributed by atoms with Gasteiger partial charge in [0.2, 0.25) is 0 Å². The molecular formula is C40H70O4. The van der Waals surface area contributed by atoms with Gasteiger partial charge in [0.05, 0.1) is 12.2 Å². The van der Waals surface area contributed by atoms with Crippen molar-refractivity contribution in [3.05, 3.63) is 24.3 Å². The fourth-order valence-corrected chi connectivity index (χ4v) is 9.79. The molecule has 44 heavy (non-hydrogen) atoms. The molecule has 0 aromatic rings. The van der Waals surface area contributed by atoms with E-state index in [1.165, 1.54) is 64.2 Å². The number of unbranched alkanes of at least 4 members (excludes halogenated alkanes) is 1. The van der Waals surface area contributed by atoms with E-state index >= 15 is 0 Å². The van der Waals surface area contributed by atoms with Gasteiger partial charge in [-0.3, -0.25) is 0 Å². The molecule has 0 spiro atoms. The van der Waals surface area contributed by atoms with Crippen LogP contribution < -0.4 is 0 Å². The van der Waals surface area contributed by atoms with Crippen molar-refractivity contribution in [3.63, 3.8) is 0 Å². The van der Waals surface area contributed by atoms with E-state index in [4.69, 9.17) is 9.47 Å². The van der Waals surface area contributed by atoms with E-state index in [0.717, 1.165) is 37.5 Å². The lowest BCUT2D eigenvalue weighted by Crippen LogP contribution is -2.46. The van der Waals surface area contributed by atoms with Crippen LogP contribution >= 0.6 is 0 Å². The molecule has 4 nitrogen and oxygen atoms in total. The molecule has 2 saturated carbocycles. The van der Waals surface area contributed by atoms with Crippen molar-refractivity contribution in [1.29, 1.82) is 0 Å². The normalized spacial score (nSPS) is 39.9. The van der Waals surface area contributed by atoms with Crippen LogP contribution in [0.3, 0.4) is 0 Å². The van der Waals surface area contributed by atoms with Gasteiger partial charge in [-0.15, -0.1) is 0 Å². The lowest BCUT2D eigenvalue weighted by Gasteiger charge is -2.39. The molecule has 4 fully saturated rings. The first-order valence-corrected chi connectivity index (χ1v) is 18.5. The summed E-state index contributed by atoms with van der Waals surface area (Å²) in [4.78, 5) is 0. The SMILES string of the molecule is CC(/C=C/[C@@]12O[C@]1(C)C[C@@H](O)CC2(C)C)CCCC(C)CCCCC(C)CCCC(C)/C=C/[C@@]12O[C@]1(C)C[C@@H](O)CC2(C)C. The van der Waals surface area contributed by atoms with E-state index < -0.39 is 0 Å². The third kappa shape index (κ3) is 7.55. The monoisotopic (exact) mass is 615 g/mol. The standard InChI is InChI=1S/C40H70O4/c1-29(17-13-19-31(3)21-23-39-35(5,6)25-33(41)27-37(39,9)43-39)15-11-12-16-30(2)18-14-20-32(4)22-24-40-36(7,8)26-34(42)28-38(40,10)44-40/h21-24,29-34,41-42H,11-20,25-28H2,1-10H3/b23-21+,24-22+/t29?,30?,31?,32?,33-,34-,37+,38+,39-,40-/m0/s1. The number of ether oxygens (including phenoxy) is 2. The third-order valence-electron chi connectivity index (χ3n) is 12.7.